The molecule has 0 saturated carbocycles. The Kier molecular flexibility index (Phi) is 5.95. The van der Waals surface area contributed by atoms with Crippen LogP contribution in [0.5, 0.6) is 0 Å². The number of carbonyl (C=O) groups excluding carboxylic acids is 1. The van der Waals surface area contributed by atoms with E-state index in [4.69, 9.17) is 4.52 Å². The van der Waals surface area contributed by atoms with E-state index in [1.165, 1.54) is 0 Å². The summed E-state index contributed by atoms with van der Waals surface area (Å²) in [6.45, 7) is 1.79. The molecule has 0 aromatic rings. The zero-order chi connectivity index (χ0) is 11.2. The molecule has 0 radical (unpaired) electrons. The van der Waals surface area contributed by atoms with Crippen molar-refractivity contribution in [3.8, 4) is 0 Å². The van der Waals surface area contributed by atoms with Crippen LogP contribution in [0.3, 0.4) is 0 Å². The van der Waals surface area contributed by atoms with Gasteiger partial charge >= 0.3 is 13.6 Å². The minimum absolute atomic E-state index is 0.530. The molecule has 0 aromatic heterocycles. The van der Waals surface area contributed by atoms with Crippen molar-refractivity contribution in [2.24, 2.45) is 0 Å². The third kappa shape index (κ3) is 5.34. The number of rotatable bonds is 6. The Morgan fingerprint density at radius 1 is 1.64 bits per heavy atom. The fourth-order valence-electron chi connectivity index (χ4n) is 0.795. The Labute approximate surface area is 83.1 Å². The van der Waals surface area contributed by atoms with Crippen LogP contribution in [0.25, 0.3) is 0 Å². The highest BCUT2D eigenvalue weighted by Gasteiger charge is 2.27. The number of hydrogen-bond acceptors (Lipinski definition) is 5. The largest absolute Gasteiger partial charge is 0.469 e. The van der Waals surface area contributed by atoms with E-state index in [1.54, 1.807) is 14.0 Å². The molecule has 2 atom stereocenters. The lowest BCUT2D eigenvalue weighted by atomic mass is 10.4. The van der Waals surface area contributed by atoms with E-state index in [0.29, 0.717) is 6.42 Å². The normalized spacial score (nSPS) is 17.1. The van der Waals surface area contributed by atoms with Crippen molar-refractivity contribution in [1.29, 1.82) is 0 Å². The molecule has 2 unspecified atom stereocenters. The van der Waals surface area contributed by atoms with E-state index in [0.717, 1.165) is 7.11 Å². The van der Waals surface area contributed by atoms with E-state index >= 15 is 0 Å². The van der Waals surface area contributed by atoms with Gasteiger partial charge in [-0.2, -0.15) is 0 Å². The van der Waals surface area contributed by atoms with Crippen LogP contribution in [0.1, 0.15) is 13.3 Å². The molecule has 0 amide bonds. The molecule has 0 rings (SSSR count). The van der Waals surface area contributed by atoms with Gasteiger partial charge in [0.2, 0.25) is 0 Å². The molecule has 7 heteroatoms. The maximum atomic E-state index is 11.3. The molecule has 0 aliphatic carbocycles. The summed E-state index contributed by atoms with van der Waals surface area (Å²) in [5.41, 5.74) is 0. The highest BCUT2D eigenvalue weighted by atomic mass is 31.2. The average molecular weight is 225 g/mol. The van der Waals surface area contributed by atoms with Crippen LogP contribution < -0.4 is 5.32 Å². The van der Waals surface area contributed by atoms with E-state index in [9.17, 15) is 14.3 Å². The summed E-state index contributed by atoms with van der Waals surface area (Å²) >= 11 is 0. The lowest BCUT2D eigenvalue weighted by Gasteiger charge is -2.18. The van der Waals surface area contributed by atoms with Crippen molar-refractivity contribution in [3.05, 3.63) is 0 Å². The molecule has 0 spiro atoms. The van der Waals surface area contributed by atoms with Gasteiger partial charge in [0.15, 0.2) is 0 Å². The lowest BCUT2D eigenvalue weighted by Crippen LogP contribution is -2.27. The predicted molar refractivity (Wildman–Crippen MR) is 50.9 cm³/mol. The minimum atomic E-state index is -3.89. The molecule has 14 heavy (non-hydrogen) atoms. The number of esters is 1. The predicted octanol–water partition coefficient (Wildman–Crippen LogP) is 0.317. The topological polar surface area (TPSA) is 84.9 Å². The standard InChI is InChI=1S/C7H16NO5P/c1-4-6(8-2)13-14(10,11)5-7(9)12-3/h6,8H,4-5H2,1-3H3,(H,10,11). The first-order chi connectivity index (χ1) is 6.45. The first-order valence-corrected chi connectivity index (χ1v) is 5.95. The van der Waals surface area contributed by atoms with E-state index in [1.807, 2.05) is 0 Å². The monoisotopic (exact) mass is 225 g/mol. The molecule has 0 saturated heterocycles. The van der Waals surface area contributed by atoms with Crippen LogP contribution in [0.15, 0.2) is 0 Å². The second-order valence-electron chi connectivity index (χ2n) is 2.66. The van der Waals surface area contributed by atoms with Crippen LogP contribution in [-0.2, 0) is 18.6 Å². The average Bonchev–Trinajstić information content (AvgIpc) is 2.13. The fourth-order valence-corrected chi connectivity index (χ4v) is 1.98. The van der Waals surface area contributed by atoms with Gasteiger partial charge in [-0.15, -0.1) is 0 Å². The number of carbonyl (C=O) groups is 1. The zero-order valence-electron chi connectivity index (χ0n) is 8.52. The van der Waals surface area contributed by atoms with Gasteiger partial charge in [-0.3, -0.25) is 19.2 Å². The molecule has 0 bridgehead atoms. The van der Waals surface area contributed by atoms with Crippen LogP contribution >= 0.6 is 7.60 Å². The highest BCUT2D eigenvalue weighted by molar-refractivity contribution is 7.53. The minimum Gasteiger partial charge on any atom is -0.469 e. The second kappa shape index (κ2) is 6.14. The smallest absolute Gasteiger partial charge is 0.340 e. The molecule has 0 aliphatic rings. The van der Waals surface area contributed by atoms with Crippen molar-refractivity contribution in [2.45, 2.75) is 19.6 Å². The molecule has 0 heterocycles. The number of hydrogen-bond donors (Lipinski definition) is 2. The Morgan fingerprint density at radius 2 is 2.21 bits per heavy atom. The molecule has 0 aliphatic heterocycles. The fraction of sp³-hybridized carbons (Fsp3) is 0.857. The Balaban J connectivity index is 4.18. The van der Waals surface area contributed by atoms with Gasteiger partial charge in [0.25, 0.3) is 0 Å². The van der Waals surface area contributed by atoms with Gasteiger partial charge in [-0.05, 0) is 13.5 Å². The molecule has 6 nitrogen and oxygen atoms in total. The van der Waals surface area contributed by atoms with Crippen molar-refractivity contribution in [2.75, 3.05) is 20.3 Å². The molecule has 0 aromatic carbocycles. The van der Waals surface area contributed by atoms with Crippen molar-refractivity contribution < 1.29 is 23.5 Å². The third-order valence-electron chi connectivity index (χ3n) is 1.54. The van der Waals surface area contributed by atoms with Crippen molar-refractivity contribution in [3.63, 3.8) is 0 Å². The molecular formula is C7H16NO5P. The van der Waals surface area contributed by atoms with Gasteiger partial charge in [0.1, 0.15) is 12.4 Å². The van der Waals surface area contributed by atoms with Gasteiger partial charge in [0, 0.05) is 0 Å². The Hall–Kier alpha value is -0.420. The van der Waals surface area contributed by atoms with Crippen LogP contribution in [0.2, 0.25) is 0 Å². The number of ether oxygens (including phenoxy) is 1. The highest BCUT2D eigenvalue weighted by Crippen LogP contribution is 2.43. The molecular weight excluding hydrogens is 209 g/mol. The van der Waals surface area contributed by atoms with Crippen LogP contribution in [0.4, 0.5) is 0 Å². The SMILES string of the molecule is CCC(NC)OP(=O)(O)CC(=O)OC. The summed E-state index contributed by atoms with van der Waals surface area (Å²) in [5, 5.41) is 2.69. The van der Waals surface area contributed by atoms with E-state index in [-0.39, 0.29) is 0 Å². The van der Waals surface area contributed by atoms with Gasteiger partial charge in [-0.1, -0.05) is 6.92 Å². The van der Waals surface area contributed by atoms with Gasteiger partial charge in [0.05, 0.1) is 7.11 Å². The maximum absolute atomic E-state index is 11.3. The summed E-state index contributed by atoms with van der Waals surface area (Å²) in [6, 6.07) is 0. The Bertz CT molecular complexity index is 228. The van der Waals surface area contributed by atoms with Gasteiger partial charge in [-0.25, -0.2) is 0 Å². The lowest BCUT2D eigenvalue weighted by molar-refractivity contribution is -0.137. The first-order valence-electron chi connectivity index (χ1n) is 4.19. The molecule has 84 valence electrons. The summed E-state index contributed by atoms with van der Waals surface area (Å²) in [4.78, 5) is 20.0. The van der Waals surface area contributed by atoms with Gasteiger partial charge < -0.3 is 9.63 Å². The third-order valence-corrected chi connectivity index (χ3v) is 2.78. The number of methoxy groups -OCH3 is 1. The summed E-state index contributed by atoms with van der Waals surface area (Å²) in [5.74, 6) is -0.762. The first kappa shape index (κ1) is 13.6. The molecule has 0 fully saturated rings. The second-order valence-corrected chi connectivity index (χ2v) is 4.46. The summed E-state index contributed by atoms with van der Waals surface area (Å²) in [6.07, 6.45) is -0.625. The van der Waals surface area contributed by atoms with Crippen molar-refractivity contribution in [1.82, 2.24) is 5.32 Å². The van der Waals surface area contributed by atoms with E-state index in [2.05, 4.69) is 10.1 Å². The zero-order valence-corrected chi connectivity index (χ0v) is 9.41. The van der Waals surface area contributed by atoms with Crippen LogP contribution in [0, 0.1) is 0 Å². The maximum Gasteiger partial charge on any atom is 0.340 e. The van der Waals surface area contributed by atoms with Crippen LogP contribution in [-0.4, -0.2) is 37.4 Å². The van der Waals surface area contributed by atoms with E-state index < -0.39 is 26.0 Å². The quantitative estimate of drug-likeness (QED) is 0.384. The molecule has 2 N–H and O–H groups in total. The summed E-state index contributed by atoms with van der Waals surface area (Å²) < 4.78 is 20.4. The Morgan fingerprint density at radius 3 is 2.57 bits per heavy atom. The summed E-state index contributed by atoms with van der Waals surface area (Å²) in [7, 11) is -1.14. The van der Waals surface area contributed by atoms with Crippen molar-refractivity contribution >= 4 is 13.6 Å². The number of nitrogens with one attached hydrogen (secondary N) is 1.